The second-order valence-electron chi connectivity index (χ2n) is 6.85. The predicted octanol–water partition coefficient (Wildman–Crippen LogP) is 2.93. The standard InChI is InChI=1S/C17H35F3N4O/c1-6-24(7-2)15(11-14(3)4)12-22-16(25)21-9-8-10-23(5)13-17(18,19)20/h14-15H,6-13H2,1-5H3,(H2,21,22,25). The van der Waals surface area contributed by atoms with Crippen LogP contribution < -0.4 is 10.6 Å². The Kier molecular flexibility index (Phi) is 11.8. The van der Waals surface area contributed by atoms with Crippen LogP contribution in [-0.4, -0.2) is 74.4 Å². The van der Waals surface area contributed by atoms with Gasteiger partial charge in [-0.1, -0.05) is 27.7 Å². The fourth-order valence-corrected chi connectivity index (χ4v) is 2.85. The molecule has 0 aliphatic rings. The number of hydrogen-bond donors (Lipinski definition) is 2. The SMILES string of the molecule is CCN(CC)C(CNC(=O)NCCCN(C)CC(F)(F)F)CC(C)C. The monoisotopic (exact) mass is 368 g/mol. The highest BCUT2D eigenvalue weighted by molar-refractivity contribution is 5.73. The molecule has 8 heteroatoms. The van der Waals surface area contributed by atoms with Gasteiger partial charge in [0, 0.05) is 19.1 Å². The maximum Gasteiger partial charge on any atom is 0.401 e. The number of carbonyl (C=O) groups is 1. The van der Waals surface area contributed by atoms with Gasteiger partial charge in [-0.05, 0) is 45.4 Å². The summed E-state index contributed by atoms with van der Waals surface area (Å²) >= 11 is 0. The van der Waals surface area contributed by atoms with Gasteiger partial charge in [0.2, 0.25) is 0 Å². The van der Waals surface area contributed by atoms with Crippen LogP contribution in [0.3, 0.4) is 0 Å². The average Bonchev–Trinajstić information content (AvgIpc) is 2.48. The van der Waals surface area contributed by atoms with E-state index >= 15 is 0 Å². The molecule has 0 aliphatic carbocycles. The number of amides is 2. The summed E-state index contributed by atoms with van der Waals surface area (Å²) < 4.78 is 36.6. The quantitative estimate of drug-likeness (QED) is 0.521. The zero-order valence-electron chi connectivity index (χ0n) is 16.2. The molecule has 0 aromatic rings. The van der Waals surface area contributed by atoms with E-state index in [1.54, 1.807) is 0 Å². The summed E-state index contributed by atoms with van der Waals surface area (Å²) in [6.07, 6.45) is -2.70. The lowest BCUT2D eigenvalue weighted by Crippen LogP contribution is -2.47. The lowest BCUT2D eigenvalue weighted by molar-refractivity contribution is -0.143. The molecule has 1 unspecified atom stereocenters. The Morgan fingerprint density at radius 2 is 1.72 bits per heavy atom. The van der Waals surface area contributed by atoms with Gasteiger partial charge in [0.15, 0.2) is 0 Å². The lowest BCUT2D eigenvalue weighted by atomic mass is 10.0. The number of likely N-dealkylation sites (N-methyl/N-ethyl adjacent to an activating group) is 1. The van der Waals surface area contributed by atoms with Crippen LogP contribution >= 0.6 is 0 Å². The molecule has 0 aromatic heterocycles. The molecule has 1 atom stereocenters. The van der Waals surface area contributed by atoms with E-state index in [0.717, 1.165) is 19.5 Å². The van der Waals surface area contributed by atoms with Crippen molar-refractivity contribution in [3.05, 3.63) is 0 Å². The molecule has 0 rings (SSSR count). The number of halogens is 3. The topological polar surface area (TPSA) is 47.6 Å². The van der Waals surface area contributed by atoms with E-state index in [1.807, 2.05) is 0 Å². The van der Waals surface area contributed by atoms with Gasteiger partial charge in [-0.25, -0.2) is 4.79 Å². The smallest absolute Gasteiger partial charge is 0.338 e. The van der Waals surface area contributed by atoms with E-state index in [-0.39, 0.29) is 12.6 Å². The number of carbonyl (C=O) groups excluding carboxylic acids is 1. The molecule has 0 saturated carbocycles. The number of nitrogens with zero attached hydrogens (tertiary/aromatic N) is 2. The van der Waals surface area contributed by atoms with Gasteiger partial charge >= 0.3 is 12.2 Å². The molecule has 0 bridgehead atoms. The second kappa shape index (κ2) is 12.4. The first-order valence-electron chi connectivity index (χ1n) is 9.10. The Morgan fingerprint density at radius 1 is 1.12 bits per heavy atom. The molecule has 0 fully saturated rings. The van der Waals surface area contributed by atoms with Crippen molar-refractivity contribution >= 4 is 6.03 Å². The van der Waals surface area contributed by atoms with E-state index < -0.39 is 12.7 Å². The summed E-state index contributed by atoms with van der Waals surface area (Å²) in [4.78, 5) is 15.4. The molecular weight excluding hydrogens is 333 g/mol. The van der Waals surface area contributed by atoms with Crippen LogP contribution in [0, 0.1) is 5.92 Å². The molecule has 0 aromatic carbocycles. The molecule has 150 valence electrons. The zero-order chi connectivity index (χ0) is 19.5. The van der Waals surface area contributed by atoms with Crippen LogP contribution in [0.4, 0.5) is 18.0 Å². The van der Waals surface area contributed by atoms with Crippen LogP contribution in [0.15, 0.2) is 0 Å². The minimum atomic E-state index is -4.19. The number of nitrogens with one attached hydrogen (secondary N) is 2. The summed E-state index contributed by atoms with van der Waals surface area (Å²) in [5, 5.41) is 5.59. The third kappa shape index (κ3) is 12.9. The van der Waals surface area contributed by atoms with Crippen LogP contribution in [0.2, 0.25) is 0 Å². The van der Waals surface area contributed by atoms with Crippen LogP contribution in [0.5, 0.6) is 0 Å². The Bertz CT molecular complexity index is 360. The molecule has 0 aliphatic heterocycles. The summed E-state index contributed by atoms with van der Waals surface area (Å²) in [5.41, 5.74) is 0. The average molecular weight is 368 g/mol. The molecule has 2 amide bonds. The Labute approximate surface area is 150 Å². The van der Waals surface area contributed by atoms with E-state index in [4.69, 9.17) is 0 Å². The third-order valence-corrected chi connectivity index (χ3v) is 4.02. The maximum absolute atomic E-state index is 12.2. The largest absolute Gasteiger partial charge is 0.401 e. The molecule has 0 spiro atoms. The van der Waals surface area contributed by atoms with Crippen molar-refractivity contribution in [1.29, 1.82) is 0 Å². The maximum atomic E-state index is 12.2. The van der Waals surface area contributed by atoms with E-state index in [9.17, 15) is 18.0 Å². The van der Waals surface area contributed by atoms with Gasteiger partial charge < -0.3 is 10.6 Å². The first-order valence-corrected chi connectivity index (χ1v) is 9.10. The number of urea groups is 1. The molecular formula is C17H35F3N4O. The normalized spacial score (nSPS) is 13.6. The lowest BCUT2D eigenvalue weighted by Gasteiger charge is -2.31. The van der Waals surface area contributed by atoms with Gasteiger partial charge in [-0.15, -0.1) is 0 Å². The van der Waals surface area contributed by atoms with Crippen molar-refractivity contribution in [3.63, 3.8) is 0 Å². The Balaban J connectivity index is 4.07. The van der Waals surface area contributed by atoms with Gasteiger partial charge in [0.05, 0.1) is 6.54 Å². The highest BCUT2D eigenvalue weighted by Crippen LogP contribution is 2.15. The first kappa shape index (κ1) is 24.0. The molecule has 0 heterocycles. The Hall–Kier alpha value is -1.02. The predicted molar refractivity (Wildman–Crippen MR) is 95.7 cm³/mol. The van der Waals surface area contributed by atoms with Crippen molar-refractivity contribution in [1.82, 2.24) is 20.4 Å². The number of rotatable bonds is 12. The van der Waals surface area contributed by atoms with E-state index in [0.29, 0.717) is 31.5 Å². The van der Waals surface area contributed by atoms with Crippen molar-refractivity contribution < 1.29 is 18.0 Å². The molecule has 5 nitrogen and oxygen atoms in total. The molecule has 0 radical (unpaired) electrons. The van der Waals surface area contributed by atoms with Gasteiger partial charge in [0.1, 0.15) is 0 Å². The summed E-state index contributed by atoms with van der Waals surface area (Å²) in [5.74, 6) is 0.541. The fraction of sp³-hybridized carbons (Fsp3) is 0.941. The number of hydrogen-bond acceptors (Lipinski definition) is 3. The minimum Gasteiger partial charge on any atom is -0.338 e. The zero-order valence-corrected chi connectivity index (χ0v) is 16.2. The second-order valence-corrected chi connectivity index (χ2v) is 6.85. The van der Waals surface area contributed by atoms with Gasteiger partial charge in [-0.3, -0.25) is 9.80 Å². The van der Waals surface area contributed by atoms with Crippen LogP contribution in [0.25, 0.3) is 0 Å². The summed E-state index contributed by atoms with van der Waals surface area (Å²) in [6, 6.07) is 0.0260. The first-order chi connectivity index (χ1) is 11.6. The van der Waals surface area contributed by atoms with Crippen LogP contribution in [0.1, 0.15) is 40.5 Å². The molecule has 2 N–H and O–H groups in total. The van der Waals surface area contributed by atoms with Gasteiger partial charge in [-0.2, -0.15) is 13.2 Å². The minimum absolute atomic E-state index is 0.264. The molecule has 0 saturated heterocycles. The summed E-state index contributed by atoms with van der Waals surface area (Å²) in [6.45, 7) is 10.7. The highest BCUT2D eigenvalue weighted by Gasteiger charge is 2.28. The number of alkyl halides is 3. The van der Waals surface area contributed by atoms with Gasteiger partial charge in [0.25, 0.3) is 0 Å². The van der Waals surface area contributed by atoms with Crippen molar-refractivity contribution in [3.8, 4) is 0 Å². The van der Waals surface area contributed by atoms with E-state index in [1.165, 1.54) is 11.9 Å². The van der Waals surface area contributed by atoms with Crippen molar-refractivity contribution in [2.75, 3.05) is 46.3 Å². The Morgan fingerprint density at radius 3 is 2.20 bits per heavy atom. The molecule has 25 heavy (non-hydrogen) atoms. The highest BCUT2D eigenvalue weighted by atomic mass is 19.4. The van der Waals surface area contributed by atoms with Crippen molar-refractivity contribution in [2.45, 2.75) is 52.8 Å². The van der Waals surface area contributed by atoms with Crippen LogP contribution in [-0.2, 0) is 0 Å². The van der Waals surface area contributed by atoms with E-state index in [2.05, 4.69) is 43.2 Å². The van der Waals surface area contributed by atoms with Crippen molar-refractivity contribution in [2.24, 2.45) is 5.92 Å². The fourth-order valence-electron chi connectivity index (χ4n) is 2.85. The third-order valence-electron chi connectivity index (χ3n) is 4.02. The summed E-state index contributed by atoms with van der Waals surface area (Å²) in [7, 11) is 1.42.